The van der Waals surface area contributed by atoms with Crippen LogP contribution in [0, 0.1) is 0 Å². The van der Waals surface area contributed by atoms with Gasteiger partial charge < -0.3 is 19.9 Å². The van der Waals surface area contributed by atoms with Crippen LogP contribution in [0.5, 0.6) is 11.5 Å². The lowest BCUT2D eigenvalue weighted by atomic mass is 10.1. The fourth-order valence-electron chi connectivity index (χ4n) is 1.45. The Kier molecular flexibility index (Phi) is 5.20. The lowest BCUT2D eigenvalue weighted by Crippen LogP contribution is -2.38. The molecule has 0 atom stereocenters. The van der Waals surface area contributed by atoms with Gasteiger partial charge in [0.15, 0.2) is 0 Å². The largest absolute Gasteiger partial charge is 0.497 e. The van der Waals surface area contributed by atoms with E-state index in [9.17, 15) is 9.90 Å². The van der Waals surface area contributed by atoms with Crippen molar-refractivity contribution in [2.75, 3.05) is 20.8 Å². The zero-order valence-corrected chi connectivity index (χ0v) is 13.0. The Morgan fingerprint density at radius 1 is 1.37 bits per heavy atom. The fourth-order valence-corrected chi connectivity index (χ4v) is 2.06. The van der Waals surface area contributed by atoms with Crippen molar-refractivity contribution in [3.05, 3.63) is 22.2 Å². The molecule has 19 heavy (non-hydrogen) atoms. The Balaban J connectivity index is 3.03. The lowest BCUT2D eigenvalue weighted by Gasteiger charge is -2.18. The molecule has 1 amide bonds. The first-order valence-corrected chi connectivity index (χ1v) is 6.50. The SMILES string of the molecule is COc1cc(Br)c(OC)c(C(=O)NCC(C)(C)O)c1. The van der Waals surface area contributed by atoms with Gasteiger partial charge in [-0.25, -0.2) is 0 Å². The van der Waals surface area contributed by atoms with Crippen LogP contribution in [-0.2, 0) is 0 Å². The van der Waals surface area contributed by atoms with E-state index in [-0.39, 0.29) is 12.5 Å². The fraction of sp³-hybridized carbons (Fsp3) is 0.462. The average molecular weight is 332 g/mol. The summed E-state index contributed by atoms with van der Waals surface area (Å²) in [6.07, 6.45) is 0. The topological polar surface area (TPSA) is 67.8 Å². The zero-order valence-electron chi connectivity index (χ0n) is 11.4. The summed E-state index contributed by atoms with van der Waals surface area (Å²) >= 11 is 3.32. The van der Waals surface area contributed by atoms with Gasteiger partial charge in [-0.05, 0) is 41.9 Å². The van der Waals surface area contributed by atoms with Gasteiger partial charge in [-0.3, -0.25) is 4.79 Å². The van der Waals surface area contributed by atoms with Gasteiger partial charge in [0.25, 0.3) is 5.91 Å². The quantitative estimate of drug-likeness (QED) is 0.865. The minimum Gasteiger partial charge on any atom is -0.497 e. The van der Waals surface area contributed by atoms with Crippen LogP contribution in [0.15, 0.2) is 16.6 Å². The van der Waals surface area contributed by atoms with Crippen LogP contribution in [0.1, 0.15) is 24.2 Å². The van der Waals surface area contributed by atoms with Crippen LogP contribution in [0.3, 0.4) is 0 Å². The van der Waals surface area contributed by atoms with E-state index in [4.69, 9.17) is 9.47 Å². The third-order valence-corrected chi connectivity index (χ3v) is 2.97. The van der Waals surface area contributed by atoms with Gasteiger partial charge in [-0.1, -0.05) is 0 Å². The van der Waals surface area contributed by atoms with Crippen molar-refractivity contribution < 1.29 is 19.4 Å². The maximum atomic E-state index is 12.1. The molecule has 0 saturated carbocycles. The highest BCUT2D eigenvalue weighted by atomic mass is 79.9. The molecule has 0 spiro atoms. The number of carbonyl (C=O) groups is 1. The number of methoxy groups -OCH3 is 2. The summed E-state index contributed by atoms with van der Waals surface area (Å²) in [6, 6.07) is 3.30. The van der Waals surface area contributed by atoms with E-state index in [1.807, 2.05) is 0 Å². The minimum absolute atomic E-state index is 0.143. The van der Waals surface area contributed by atoms with Crippen molar-refractivity contribution >= 4 is 21.8 Å². The van der Waals surface area contributed by atoms with Crippen molar-refractivity contribution in [3.8, 4) is 11.5 Å². The van der Waals surface area contributed by atoms with Crippen LogP contribution in [-0.4, -0.2) is 37.4 Å². The predicted molar refractivity (Wildman–Crippen MR) is 75.9 cm³/mol. The van der Waals surface area contributed by atoms with Crippen LogP contribution >= 0.6 is 15.9 Å². The zero-order chi connectivity index (χ0) is 14.6. The molecule has 2 N–H and O–H groups in total. The molecular formula is C13H18BrNO4. The second-order valence-corrected chi connectivity index (χ2v) is 5.54. The Morgan fingerprint density at radius 3 is 2.47 bits per heavy atom. The van der Waals surface area contributed by atoms with Crippen LogP contribution in [0.4, 0.5) is 0 Å². The molecule has 106 valence electrons. The van der Waals surface area contributed by atoms with Gasteiger partial charge in [-0.15, -0.1) is 0 Å². The van der Waals surface area contributed by atoms with E-state index < -0.39 is 5.60 Å². The van der Waals surface area contributed by atoms with E-state index in [1.165, 1.54) is 14.2 Å². The van der Waals surface area contributed by atoms with Gasteiger partial charge in [0.1, 0.15) is 11.5 Å². The molecule has 0 fully saturated rings. The molecule has 0 aromatic heterocycles. The highest BCUT2D eigenvalue weighted by Gasteiger charge is 2.20. The number of carbonyl (C=O) groups excluding carboxylic acids is 1. The number of rotatable bonds is 5. The Morgan fingerprint density at radius 2 is 2.00 bits per heavy atom. The summed E-state index contributed by atoms with van der Waals surface area (Å²) in [5.41, 5.74) is -0.628. The second-order valence-electron chi connectivity index (χ2n) is 4.69. The first-order valence-electron chi connectivity index (χ1n) is 5.70. The van der Waals surface area contributed by atoms with Crippen molar-refractivity contribution in [2.45, 2.75) is 19.4 Å². The minimum atomic E-state index is -0.973. The maximum absolute atomic E-state index is 12.1. The van der Waals surface area contributed by atoms with E-state index in [0.29, 0.717) is 21.5 Å². The number of amides is 1. The Labute approximate surface area is 121 Å². The molecule has 1 aromatic rings. The van der Waals surface area contributed by atoms with E-state index in [2.05, 4.69) is 21.2 Å². The van der Waals surface area contributed by atoms with Gasteiger partial charge >= 0.3 is 0 Å². The molecule has 0 aliphatic rings. The van der Waals surface area contributed by atoms with Crippen LogP contribution in [0.25, 0.3) is 0 Å². The van der Waals surface area contributed by atoms with Gasteiger partial charge in [-0.2, -0.15) is 0 Å². The molecular weight excluding hydrogens is 314 g/mol. The number of hydrogen-bond acceptors (Lipinski definition) is 4. The third-order valence-electron chi connectivity index (χ3n) is 2.38. The second kappa shape index (κ2) is 6.25. The highest BCUT2D eigenvalue weighted by Crippen LogP contribution is 2.33. The molecule has 0 aliphatic carbocycles. The van der Waals surface area contributed by atoms with E-state index >= 15 is 0 Å². The van der Waals surface area contributed by atoms with Crippen molar-refractivity contribution in [1.29, 1.82) is 0 Å². The molecule has 0 saturated heterocycles. The first kappa shape index (κ1) is 15.8. The molecule has 0 aliphatic heterocycles. The van der Waals surface area contributed by atoms with Gasteiger partial charge in [0, 0.05) is 6.54 Å². The smallest absolute Gasteiger partial charge is 0.255 e. The molecule has 1 rings (SSSR count). The number of ether oxygens (including phenoxy) is 2. The molecule has 0 bridgehead atoms. The first-order chi connectivity index (χ1) is 8.78. The molecule has 6 heteroatoms. The Hall–Kier alpha value is -1.27. The number of aliphatic hydroxyl groups is 1. The summed E-state index contributed by atoms with van der Waals surface area (Å²) in [5.74, 6) is 0.633. The predicted octanol–water partition coefficient (Wildman–Crippen LogP) is 1.97. The molecule has 0 radical (unpaired) electrons. The number of hydrogen-bond donors (Lipinski definition) is 2. The summed E-state index contributed by atoms with van der Waals surface area (Å²) in [7, 11) is 3.01. The van der Waals surface area contributed by atoms with Gasteiger partial charge in [0.05, 0.1) is 29.9 Å². The van der Waals surface area contributed by atoms with Gasteiger partial charge in [0.2, 0.25) is 0 Å². The maximum Gasteiger partial charge on any atom is 0.255 e. The number of benzene rings is 1. The van der Waals surface area contributed by atoms with Crippen molar-refractivity contribution in [1.82, 2.24) is 5.32 Å². The molecule has 1 aromatic carbocycles. The Bertz CT molecular complexity index is 468. The number of halogens is 1. The molecule has 0 heterocycles. The van der Waals surface area contributed by atoms with Crippen LogP contribution < -0.4 is 14.8 Å². The summed E-state index contributed by atoms with van der Waals surface area (Å²) < 4.78 is 10.9. The normalized spacial score (nSPS) is 11.1. The van der Waals surface area contributed by atoms with Crippen LogP contribution in [0.2, 0.25) is 0 Å². The summed E-state index contributed by atoms with van der Waals surface area (Å²) in [5, 5.41) is 12.3. The monoisotopic (exact) mass is 331 g/mol. The highest BCUT2D eigenvalue weighted by molar-refractivity contribution is 9.10. The summed E-state index contributed by atoms with van der Waals surface area (Å²) in [4.78, 5) is 12.1. The number of nitrogens with one attached hydrogen (secondary N) is 1. The van der Waals surface area contributed by atoms with Crippen molar-refractivity contribution in [2.24, 2.45) is 0 Å². The lowest BCUT2D eigenvalue weighted by molar-refractivity contribution is 0.0692. The van der Waals surface area contributed by atoms with E-state index in [1.54, 1.807) is 26.0 Å². The third kappa shape index (κ3) is 4.40. The molecule has 0 unspecified atom stereocenters. The standard InChI is InChI=1S/C13H18BrNO4/c1-13(2,17)7-15-12(16)9-5-8(18-3)6-10(14)11(9)19-4/h5-6,17H,7H2,1-4H3,(H,15,16). The summed E-state index contributed by atoms with van der Waals surface area (Å²) in [6.45, 7) is 3.38. The average Bonchev–Trinajstić information content (AvgIpc) is 2.33. The molecule has 5 nitrogen and oxygen atoms in total. The van der Waals surface area contributed by atoms with E-state index in [0.717, 1.165) is 0 Å². The van der Waals surface area contributed by atoms with Crippen molar-refractivity contribution in [3.63, 3.8) is 0 Å².